The van der Waals surface area contributed by atoms with E-state index in [0.29, 0.717) is 31.5 Å². The van der Waals surface area contributed by atoms with Gasteiger partial charge in [0.1, 0.15) is 23.8 Å². The molecule has 0 bridgehead atoms. The maximum atomic E-state index is 14.9. The minimum atomic E-state index is -1.01. The molecule has 2 amide bonds. The van der Waals surface area contributed by atoms with Gasteiger partial charge in [0.15, 0.2) is 0 Å². The highest BCUT2D eigenvalue weighted by atomic mass is 35.5. The minimum Gasteiger partial charge on any atom is -0.493 e. The highest BCUT2D eigenvalue weighted by molar-refractivity contribution is 5.85. The summed E-state index contributed by atoms with van der Waals surface area (Å²) in [4.78, 5) is 17.7. The zero-order chi connectivity index (χ0) is 40.1. The Kier molecular flexibility index (Phi) is 14.7. The molecule has 4 aromatic rings. The molecule has 2 unspecified atom stereocenters. The van der Waals surface area contributed by atoms with Gasteiger partial charge in [0.25, 0.3) is 0 Å². The van der Waals surface area contributed by atoms with Crippen molar-refractivity contribution in [3.05, 3.63) is 129 Å². The fraction of sp³-hybridized carbons (Fsp3) is 0.468. The third-order valence-corrected chi connectivity index (χ3v) is 11.4. The molecule has 8 rings (SSSR count). The Morgan fingerprint density at radius 3 is 1.55 bits per heavy atom. The number of alkyl halides is 2. The number of nitrogens with two attached hydrogens (primary N) is 1. The lowest BCUT2D eigenvalue weighted by Gasteiger charge is -2.31. The molecule has 4 aliphatic rings. The van der Waals surface area contributed by atoms with E-state index in [1.807, 2.05) is 62.4 Å². The predicted octanol–water partition coefficient (Wildman–Crippen LogP) is 9.78. The molecule has 0 saturated heterocycles. The smallest absolute Gasteiger partial charge is 0.317 e. The summed E-state index contributed by atoms with van der Waals surface area (Å²) in [7, 11) is 3.45. The number of hydrogen-bond acceptors (Lipinski definition) is 6. The molecule has 0 spiro atoms. The van der Waals surface area contributed by atoms with Crippen molar-refractivity contribution in [2.24, 2.45) is 17.6 Å². The van der Waals surface area contributed by atoms with E-state index in [1.165, 1.54) is 36.1 Å². The van der Waals surface area contributed by atoms with Gasteiger partial charge < -0.3 is 25.4 Å². The van der Waals surface area contributed by atoms with Crippen LogP contribution >= 0.6 is 12.4 Å². The van der Waals surface area contributed by atoms with E-state index >= 15 is 0 Å². The van der Waals surface area contributed by atoms with Crippen LogP contribution in [0.2, 0.25) is 0 Å². The van der Waals surface area contributed by atoms with E-state index in [9.17, 15) is 13.6 Å². The number of rotatable bonds is 13. The van der Waals surface area contributed by atoms with Crippen LogP contribution in [0, 0.1) is 11.8 Å². The van der Waals surface area contributed by atoms with Crippen LogP contribution in [-0.4, -0.2) is 61.1 Å². The number of amides is 2. The number of hydrogen-bond donors (Lipinski definition) is 2. The Balaban J connectivity index is 0.000000195. The lowest BCUT2D eigenvalue weighted by atomic mass is 9.97. The van der Waals surface area contributed by atoms with E-state index in [0.717, 1.165) is 83.3 Å². The summed E-state index contributed by atoms with van der Waals surface area (Å²) >= 11 is 0. The van der Waals surface area contributed by atoms with Gasteiger partial charge in [0.2, 0.25) is 0 Å². The molecule has 4 atom stereocenters. The van der Waals surface area contributed by atoms with Crippen LogP contribution in [0.1, 0.15) is 108 Å². The van der Waals surface area contributed by atoms with Crippen molar-refractivity contribution in [3.63, 3.8) is 0 Å². The standard InChI is InChI=1S/C25H32FN3O2.C22H27FN2O.ClH/c1-17(27-25(30)28(2)3)20-8-6-18(7-9-20)13-29-14-21-10-11-22(31-16-19-4-5-19)12-23(21)24(26)15-29;1-15(24)18-6-4-16(5-7-18)11-25-12-19-8-9-20(26-14-17-2-3-17)10-21(19)22(23)13-25;/h6-12,17,19,24H,4-5,13-16H2,1-3H3,(H,27,30);4-10,15,17,22H,2-3,11-14,24H2,1H3;1H/t17-,24?;15-,22?;/m00./s1. The van der Waals surface area contributed by atoms with Gasteiger partial charge in [-0.25, -0.2) is 13.6 Å². The van der Waals surface area contributed by atoms with Crippen molar-refractivity contribution in [1.82, 2.24) is 20.0 Å². The number of carbonyl (C=O) groups is 1. The molecule has 11 heteroatoms. The quantitative estimate of drug-likeness (QED) is 0.140. The van der Waals surface area contributed by atoms with Crippen LogP contribution in [0.4, 0.5) is 13.6 Å². The molecule has 2 fully saturated rings. The molecular weight excluding hydrogens is 756 g/mol. The van der Waals surface area contributed by atoms with Gasteiger partial charge >= 0.3 is 6.03 Å². The summed E-state index contributed by atoms with van der Waals surface area (Å²) in [6, 6.07) is 28.1. The Labute approximate surface area is 349 Å². The molecule has 2 heterocycles. The molecule has 2 aliphatic carbocycles. The van der Waals surface area contributed by atoms with Crippen molar-refractivity contribution in [1.29, 1.82) is 0 Å². The van der Waals surface area contributed by atoms with Gasteiger partial charge in [0.05, 0.1) is 19.3 Å². The summed E-state index contributed by atoms with van der Waals surface area (Å²) < 4.78 is 41.3. The Morgan fingerprint density at radius 2 is 1.16 bits per heavy atom. The second-order valence-corrected chi connectivity index (χ2v) is 16.8. The normalized spacial score (nSPS) is 19.9. The molecule has 8 nitrogen and oxygen atoms in total. The van der Waals surface area contributed by atoms with Gasteiger partial charge in [-0.3, -0.25) is 9.80 Å². The summed E-state index contributed by atoms with van der Waals surface area (Å²) in [6.07, 6.45) is 3.04. The van der Waals surface area contributed by atoms with Gasteiger partial charge in [-0.05, 0) is 120 Å². The highest BCUT2D eigenvalue weighted by Crippen LogP contribution is 2.36. The summed E-state index contributed by atoms with van der Waals surface area (Å²) in [5.74, 6) is 2.98. The molecular formula is C47H60ClF2N5O3. The van der Waals surface area contributed by atoms with E-state index < -0.39 is 12.3 Å². The number of ether oxygens (including phenoxy) is 2. The Hall–Kier alpha value is -4.22. The first kappa shape index (κ1) is 43.4. The first-order chi connectivity index (χ1) is 27.5. The lowest BCUT2D eigenvalue weighted by Crippen LogP contribution is -2.36. The van der Waals surface area contributed by atoms with Crippen LogP contribution in [0.15, 0.2) is 84.9 Å². The van der Waals surface area contributed by atoms with E-state index in [4.69, 9.17) is 15.2 Å². The zero-order valence-corrected chi connectivity index (χ0v) is 35.2. The van der Waals surface area contributed by atoms with Crippen molar-refractivity contribution < 1.29 is 23.0 Å². The maximum Gasteiger partial charge on any atom is 0.317 e. The average Bonchev–Trinajstić information content (AvgIpc) is 4.14. The van der Waals surface area contributed by atoms with Gasteiger partial charge in [-0.15, -0.1) is 12.4 Å². The van der Waals surface area contributed by atoms with Crippen molar-refractivity contribution in [2.45, 2.75) is 90.1 Å². The van der Waals surface area contributed by atoms with Gasteiger partial charge in [-0.2, -0.15) is 0 Å². The third kappa shape index (κ3) is 11.9. The van der Waals surface area contributed by atoms with Crippen LogP contribution in [0.25, 0.3) is 0 Å². The van der Waals surface area contributed by atoms with E-state index in [2.05, 4.69) is 51.5 Å². The minimum absolute atomic E-state index is 0. The van der Waals surface area contributed by atoms with Crippen LogP contribution in [0.5, 0.6) is 11.5 Å². The van der Waals surface area contributed by atoms with Crippen molar-refractivity contribution in [3.8, 4) is 11.5 Å². The van der Waals surface area contributed by atoms with Crippen LogP contribution in [0.3, 0.4) is 0 Å². The molecule has 58 heavy (non-hydrogen) atoms. The summed E-state index contributed by atoms with van der Waals surface area (Å²) in [5.41, 5.74) is 14.1. The number of urea groups is 1. The number of halogens is 3. The lowest BCUT2D eigenvalue weighted by molar-refractivity contribution is 0.158. The van der Waals surface area contributed by atoms with Crippen molar-refractivity contribution in [2.75, 3.05) is 40.4 Å². The highest BCUT2D eigenvalue weighted by Gasteiger charge is 2.28. The van der Waals surface area contributed by atoms with Gasteiger partial charge in [-0.1, -0.05) is 60.7 Å². The number of fused-ring (bicyclic) bond motifs is 2. The Bertz CT molecular complexity index is 1960. The van der Waals surface area contributed by atoms with E-state index in [1.54, 1.807) is 14.1 Å². The second kappa shape index (κ2) is 19.7. The largest absolute Gasteiger partial charge is 0.493 e. The molecule has 2 aliphatic heterocycles. The maximum absolute atomic E-state index is 14.9. The summed E-state index contributed by atoms with van der Waals surface area (Å²) in [5, 5.41) is 2.95. The van der Waals surface area contributed by atoms with Crippen LogP contribution < -0.4 is 20.5 Å². The number of carbonyl (C=O) groups excluding carboxylic acids is 1. The fourth-order valence-corrected chi connectivity index (χ4v) is 7.45. The van der Waals surface area contributed by atoms with Gasteiger partial charge in [0, 0.05) is 59.4 Å². The zero-order valence-electron chi connectivity index (χ0n) is 34.3. The van der Waals surface area contributed by atoms with Crippen molar-refractivity contribution >= 4 is 18.4 Å². The first-order valence-electron chi connectivity index (χ1n) is 20.6. The number of nitrogens with one attached hydrogen (secondary N) is 1. The monoisotopic (exact) mass is 815 g/mol. The third-order valence-electron chi connectivity index (χ3n) is 11.4. The topological polar surface area (TPSA) is 83.3 Å². The average molecular weight is 816 g/mol. The Morgan fingerprint density at radius 1 is 0.724 bits per heavy atom. The molecule has 4 aromatic carbocycles. The fourth-order valence-electron chi connectivity index (χ4n) is 7.45. The molecule has 3 N–H and O–H groups in total. The molecule has 0 aromatic heterocycles. The van der Waals surface area contributed by atoms with E-state index in [-0.39, 0.29) is 30.5 Å². The second-order valence-electron chi connectivity index (χ2n) is 16.8. The molecule has 2 saturated carbocycles. The summed E-state index contributed by atoms with van der Waals surface area (Å²) in [6.45, 7) is 9.21. The molecule has 0 radical (unpaired) electrons. The number of benzene rings is 4. The number of nitrogens with zero attached hydrogens (tertiary/aromatic N) is 3. The molecule has 312 valence electrons. The van der Waals surface area contributed by atoms with Crippen LogP contribution in [-0.2, 0) is 26.2 Å². The predicted molar refractivity (Wildman–Crippen MR) is 229 cm³/mol. The first-order valence-corrected chi connectivity index (χ1v) is 20.6. The SMILES string of the molecule is C[C@H](N)c1ccc(CN2Cc3ccc(OCC4CC4)cc3C(F)C2)cc1.C[C@H](NC(=O)N(C)C)c1ccc(CN2Cc3ccc(OCC4CC4)cc3C(F)C2)cc1.Cl.